The van der Waals surface area contributed by atoms with Crippen LogP contribution in [0.2, 0.25) is 0 Å². The second kappa shape index (κ2) is 4.50. The molecule has 88 valence electrons. The van der Waals surface area contributed by atoms with Crippen molar-refractivity contribution in [3.05, 3.63) is 50.3 Å². The third kappa shape index (κ3) is 2.59. The third-order valence-electron chi connectivity index (χ3n) is 2.11. The fraction of sp³-hybridized carbons (Fsp3) is 0.0909. The largest absolute Gasteiger partial charge is 0.321 e. The average Bonchev–Trinajstić information content (AvgIpc) is 2.58. The number of H-pyrrole nitrogens is 1. The zero-order valence-electron chi connectivity index (χ0n) is 8.91. The molecule has 2 rings (SSSR count). The molecule has 0 spiro atoms. The Bertz CT molecular complexity index is 618. The molecule has 0 bridgehead atoms. The van der Waals surface area contributed by atoms with Gasteiger partial charge in [-0.3, -0.25) is 9.59 Å². The fourth-order valence-electron chi connectivity index (χ4n) is 1.38. The van der Waals surface area contributed by atoms with Gasteiger partial charge in [0, 0.05) is 11.4 Å². The Hall–Kier alpha value is -1.95. The number of aryl methyl sites for hydroxylation is 1. The number of halogens is 1. The first-order valence-corrected chi connectivity index (χ1v) is 5.64. The molecule has 2 aromatic rings. The number of hydrogen-bond donors (Lipinski definition) is 2. The lowest BCUT2D eigenvalue weighted by atomic mass is 10.3. The van der Waals surface area contributed by atoms with Gasteiger partial charge in [0.05, 0.1) is 0 Å². The molecular formula is C11H9FN2O2S. The van der Waals surface area contributed by atoms with Crippen LogP contribution in [0.25, 0.3) is 0 Å². The molecule has 1 heterocycles. The molecule has 0 atom stereocenters. The normalized spacial score (nSPS) is 10.2. The molecule has 17 heavy (non-hydrogen) atoms. The van der Waals surface area contributed by atoms with Crippen LogP contribution < -0.4 is 10.2 Å². The van der Waals surface area contributed by atoms with Crippen LogP contribution in [0.5, 0.6) is 0 Å². The van der Waals surface area contributed by atoms with Crippen molar-refractivity contribution < 1.29 is 9.18 Å². The van der Waals surface area contributed by atoms with Gasteiger partial charge in [-0.2, -0.15) is 0 Å². The molecule has 1 amide bonds. The Morgan fingerprint density at radius 3 is 2.82 bits per heavy atom. The van der Waals surface area contributed by atoms with Gasteiger partial charge in [0.15, 0.2) is 0 Å². The third-order valence-corrected chi connectivity index (χ3v) is 3.10. The number of anilines is 1. The van der Waals surface area contributed by atoms with Crippen molar-refractivity contribution in [2.24, 2.45) is 0 Å². The molecule has 0 unspecified atom stereocenters. The first kappa shape index (κ1) is 11.5. The predicted octanol–water partition coefficient (Wildman–Crippen LogP) is 2.14. The van der Waals surface area contributed by atoms with E-state index >= 15 is 0 Å². The minimum Gasteiger partial charge on any atom is -0.321 e. The van der Waals surface area contributed by atoms with Gasteiger partial charge in [-0.25, -0.2) is 4.39 Å². The zero-order valence-corrected chi connectivity index (χ0v) is 9.73. The summed E-state index contributed by atoms with van der Waals surface area (Å²) in [6.45, 7) is 1.64. The van der Waals surface area contributed by atoms with Crippen LogP contribution in [0.4, 0.5) is 10.1 Å². The van der Waals surface area contributed by atoms with E-state index in [0.29, 0.717) is 16.3 Å². The molecule has 0 radical (unpaired) electrons. The Morgan fingerprint density at radius 2 is 2.24 bits per heavy atom. The van der Waals surface area contributed by atoms with Crippen LogP contribution in [-0.2, 0) is 0 Å². The van der Waals surface area contributed by atoms with Crippen molar-refractivity contribution in [3.63, 3.8) is 0 Å². The van der Waals surface area contributed by atoms with E-state index in [1.54, 1.807) is 13.0 Å². The number of aromatic nitrogens is 1. The van der Waals surface area contributed by atoms with Crippen molar-refractivity contribution in [2.45, 2.75) is 6.92 Å². The van der Waals surface area contributed by atoms with Gasteiger partial charge in [0.25, 0.3) is 5.91 Å². The van der Waals surface area contributed by atoms with E-state index in [4.69, 9.17) is 0 Å². The number of thiazole rings is 1. The monoisotopic (exact) mass is 252 g/mol. The predicted molar refractivity (Wildman–Crippen MR) is 64.0 cm³/mol. The lowest BCUT2D eigenvalue weighted by molar-refractivity contribution is 0.103. The van der Waals surface area contributed by atoms with E-state index < -0.39 is 11.7 Å². The molecule has 0 fully saturated rings. The highest BCUT2D eigenvalue weighted by Gasteiger charge is 2.13. The number of benzene rings is 1. The van der Waals surface area contributed by atoms with Gasteiger partial charge < -0.3 is 10.3 Å². The lowest BCUT2D eigenvalue weighted by Crippen LogP contribution is -2.11. The minimum absolute atomic E-state index is 0.285. The second-order valence-corrected chi connectivity index (χ2v) is 4.42. The van der Waals surface area contributed by atoms with E-state index in [1.807, 2.05) is 0 Å². The summed E-state index contributed by atoms with van der Waals surface area (Å²) >= 11 is 0.829. The summed E-state index contributed by atoms with van der Waals surface area (Å²) in [6.07, 6.45) is 0. The zero-order chi connectivity index (χ0) is 12.4. The maximum Gasteiger partial charge on any atom is 0.305 e. The summed E-state index contributed by atoms with van der Waals surface area (Å²) in [6, 6.07) is 5.57. The summed E-state index contributed by atoms with van der Waals surface area (Å²) in [4.78, 5) is 25.4. The summed E-state index contributed by atoms with van der Waals surface area (Å²) in [5.41, 5.74) is 0.865. The summed E-state index contributed by atoms with van der Waals surface area (Å²) in [7, 11) is 0. The van der Waals surface area contributed by atoms with E-state index in [2.05, 4.69) is 10.3 Å². The highest BCUT2D eigenvalue weighted by Crippen LogP contribution is 2.13. The van der Waals surface area contributed by atoms with Crippen LogP contribution in [0.1, 0.15) is 15.4 Å². The first-order valence-electron chi connectivity index (χ1n) is 4.83. The molecule has 6 heteroatoms. The summed E-state index contributed by atoms with van der Waals surface area (Å²) < 4.78 is 12.9. The standard InChI is InChI=1S/C11H9FN2O2S/c1-6-9(17-11(16)13-6)10(15)14-8-4-2-3-7(12)5-8/h2-5H,1H3,(H,13,16)(H,14,15). The number of rotatable bonds is 2. The second-order valence-electron chi connectivity index (χ2n) is 3.43. The molecule has 0 saturated carbocycles. The van der Waals surface area contributed by atoms with Crippen LogP contribution in [-0.4, -0.2) is 10.9 Å². The molecule has 1 aromatic carbocycles. The molecule has 4 nitrogen and oxygen atoms in total. The summed E-state index contributed by atoms with van der Waals surface area (Å²) in [5.74, 6) is -0.849. The highest BCUT2D eigenvalue weighted by molar-refractivity contribution is 7.11. The van der Waals surface area contributed by atoms with Gasteiger partial charge in [-0.15, -0.1) is 0 Å². The number of nitrogens with one attached hydrogen (secondary N) is 2. The number of carbonyl (C=O) groups is 1. The van der Waals surface area contributed by atoms with Crippen molar-refractivity contribution in [1.29, 1.82) is 0 Å². The van der Waals surface area contributed by atoms with E-state index in [9.17, 15) is 14.0 Å². The van der Waals surface area contributed by atoms with Gasteiger partial charge >= 0.3 is 4.87 Å². The van der Waals surface area contributed by atoms with Crippen molar-refractivity contribution in [2.75, 3.05) is 5.32 Å². The van der Waals surface area contributed by atoms with E-state index in [-0.39, 0.29) is 4.87 Å². The van der Waals surface area contributed by atoms with Gasteiger partial charge in [0.1, 0.15) is 10.7 Å². The molecule has 0 saturated heterocycles. The quantitative estimate of drug-likeness (QED) is 0.860. The van der Waals surface area contributed by atoms with Crippen LogP contribution in [0.15, 0.2) is 29.1 Å². The van der Waals surface area contributed by atoms with Crippen LogP contribution in [0.3, 0.4) is 0 Å². The maximum absolute atomic E-state index is 12.9. The highest BCUT2D eigenvalue weighted by atomic mass is 32.1. The fourth-order valence-corrected chi connectivity index (χ4v) is 2.11. The van der Waals surface area contributed by atoms with Gasteiger partial charge in [-0.1, -0.05) is 17.4 Å². The van der Waals surface area contributed by atoms with Gasteiger partial charge in [-0.05, 0) is 25.1 Å². The maximum atomic E-state index is 12.9. The Balaban J connectivity index is 2.23. The smallest absolute Gasteiger partial charge is 0.305 e. The number of amides is 1. The van der Waals surface area contributed by atoms with E-state index in [1.165, 1.54) is 18.2 Å². The van der Waals surface area contributed by atoms with Crippen LogP contribution in [0, 0.1) is 12.7 Å². The van der Waals surface area contributed by atoms with Gasteiger partial charge in [0.2, 0.25) is 0 Å². The topological polar surface area (TPSA) is 62.0 Å². The van der Waals surface area contributed by atoms with Crippen molar-refractivity contribution in [3.8, 4) is 0 Å². The number of carbonyl (C=O) groups excluding carboxylic acids is 1. The van der Waals surface area contributed by atoms with Crippen molar-refractivity contribution >= 4 is 22.9 Å². The molecule has 0 aliphatic rings. The Morgan fingerprint density at radius 1 is 1.47 bits per heavy atom. The minimum atomic E-state index is -0.429. The molecule has 0 aliphatic carbocycles. The number of hydrogen-bond acceptors (Lipinski definition) is 3. The lowest BCUT2D eigenvalue weighted by Gasteiger charge is -2.03. The first-order chi connectivity index (χ1) is 8.06. The number of aromatic amines is 1. The average molecular weight is 252 g/mol. The summed E-state index contributed by atoms with van der Waals surface area (Å²) in [5, 5.41) is 2.53. The van der Waals surface area contributed by atoms with Crippen molar-refractivity contribution in [1.82, 2.24) is 4.98 Å². The SMILES string of the molecule is Cc1[nH]c(=O)sc1C(=O)Nc1cccc(F)c1. The van der Waals surface area contributed by atoms with Crippen LogP contribution >= 0.6 is 11.3 Å². The van der Waals surface area contributed by atoms with E-state index in [0.717, 1.165) is 11.3 Å². The molecule has 1 aromatic heterocycles. The Kier molecular flexibility index (Phi) is 3.06. The molecular weight excluding hydrogens is 243 g/mol. The molecule has 0 aliphatic heterocycles. The molecule has 2 N–H and O–H groups in total. The Labute approximate surface area is 100 Å².